The molecule has 0 saturated carbocycles. The molecular formula is C31H35N5O4S. The second-order valence-corrected chi connectivity index (χ2v) is 11.2. The number of rotatable bonds is 11. The van der Waals surface area contributed by atoms with Crippen LogP contribution in [0.3, 0.4) is 0 Å². The molecule has 4 aromatic rings. The van der Waals surface area contributed by atoms with Crippen LogP contribution >= 0.6 is 11.8 Å². The van der Waals surface area contributed by atoms with E-state index in [1.54, 1.807) is 18.0 Å². The lowest BCUT2D eigenvalue weighted by atomic mass is 10.1. The van der Waals surface area contributed by atoms with E-state index in [0.717, 1.165) is 22.2 Å². The summed E-state index contributed by atoms with van der Waals surface area (Å²) in [5.41, 5.74) is 3.16. The van der Waals surface area contributed by atoms with E-state index in [-0.39, 0.29) is 24.5 Å². The summed E-state index contributed by atoms with van der Waals surface area (Å²) in [7, 11) is 0. The molecule has 41 heavy (non-hydrogen) atoms. The Morgan fingerprint density at radius 2 is 1.80 bits per heavy atom. The Labute approximate surface area is 244 Å². The fourth-order valence-electron chi connectivity index (χ4n) is 4.87. The predicted molar refractivity (Wildman–Crippen MR) is 158 cm³/mol. The predicted octanol–water partition coefficient (Wildman–Crippen LogP) is 4.98. The average Bonchev–Trinajstić information content (AvgIpc) is 3.66. The quantitative estimate of drug-likeness (QED) is 0.184. The molecule has 214 valence electrons. The molecule has 1 atom stereocenters. The fraction of sp³-hybridized carbons (Fsp3) is 0.355. The van der Waals surface area contributed by atoms with Gasteiger partial charge in [0.1, 0.15) is 6.61 Å². The van der Waals surface area contributed by atoms with Crippen molar-refractivity contribution in [2.45, 2.75) is 44.5 Å². The molecule has 0 spiro atoms. The number of hydrogen-bond donors (Lipinski definition) is 0. The summed E-state index contributed by atoms with van der Waals surface area (Å²) in [4.78, 5) is 29.4. The zero-order chi connectivity index (χ0) is 28.6. The highest BCUT2D eigenvalue weighted by atomic mass is 32.2. The van der Waals surface area contributed by atoms with Crippen LogP contribution in [0.25, 0.3) is 17.3 Å². The molecule has 1 unspecified atom stereocenters. The van der Waals surface area contributed by atoms with Crippen LogP contribution in [-0.4, -0.2) is 74.4 Å². The molecule has 3 heterocycles. The summed E-state index contributed by atoms with van der Waals surface area (Å²) in [5.74, 6) is 2.09. The van der Waals surface area contributed by atoms with Gasteiger partial charge in [0.05, 0.1) is 12.9 Å². The number of amides is 2. The summed E-state index contributed by atoms with van der Waals surface area (Å²) >= 11 is 1.57. The van der Waals surface area contributed by atoms with Gasteiger partial charge in [-0.1, -0.05) is 59.8 Å². The van der Waals surface area contributed by atoms with Gasteiger partial charge >= 0.3 is 0 Å². The first-order chi connectivity index (χ1) is 20.0. The number of piperazine rings is 1. The van der Waals surface area contributed by atoms with Crippen molar-refractivity contribution in [2.24, 2.45) is 0 Å². The number of aromatic nitrogens is 3. The van der Waals surface area contributed by atoms with E-state index in [4.69, 9.17) is 9.15 Å². The smallest absolute Gasteiger partial charge is 0.248 e. The Kier molecular flexibility index (Phi) is 9.53. The third-order valence-electron chi connectivity index (χ3n) is 7.07. The Hall–Kier alpha value is -3.89. The van der Waals surface area contributed by atoms with Crippen molar-refractivity contribution in [1.82, 2.24) is 24.6 Å². The van der Waals surface area contributed by atoms with Gasteiger partial charge in [0.25, 0.3) is 0 Å². The van der Waals surface area contributed by atoms with Crippen molar-refractivity contribution in [3.63, 3.8) is 0 Å². The number of benzene rings is 2. The van der Waals surface area contributed by atoms with Crippen molar-refractivity contribution >= 4 is 23.6 Å². The maximum absolute atomic E-state index is 13.0. The minimum atomic E-state index is -0.0528. The molecule has 0 radical (unpaired) electrons. The molecule has 1 saturated heterocycles. The zero-order valence-electron chi connectivity index (χ0n) is 23.4. The molecule has 0 aliphatic carbocycles. The number of ether oxygens (including phenoxy) is 1. The van der Waals surface area contributed by atoms with E-state index in [1.807, 2.05) is 75.9 Å². The lowest BCUT2D eigenvalue weighted by Gasteiger charge is -2.40. The Morgan fingerprint density at radius 3 is 2.54 bits per heavy atom. The van der Waals surface area contributed by atoms with Gasteiger partial charge in [-0.3, -0.25) is 14.2 Å². The second kappa shape index (κ2) is 13.6. The van der Waals surface area contributed by atoms with Gasteiger partial charge in [-0.05, 0) is 50.1 Å². The van der Waals surface area contributed by atoms with Crippen molar-refractivity contribution in [3.05, 3.63) is 84.1 Å². The molecule has 0 bridgehead atoms. The summed E-state index contributed by atoms with van der Waals surface area (Å²) in [6.07, 6.45) is 2.77. The van der Waals surface area contributed by atoms with Gasteiger partial charge in [0.2, 0.25) is 17.6 Å². The first-order valence-electron chi connectivity index (χ1n) is 13.9. The van der Waals surface area contributed by atoms with Crippen molar-refractivity contribution in [1.29, 1.82) is 0 Å². The molecule has 5 rings (SSSR count). The molecule has 2 amide bonds. The van der Waals surface area contributed by atoms with Crippen LogP contribution in [-0.2, 0) is 20.9 Å². The molecule has 1 aliphatic rings. The minimum Gasteiger partial charge on any atom is -0.461 e. The third-order valence-corrected chi connectivity index (χ3v) is 8.09. The summed E-state index contributed by atoms with van der Waals surface area (Å²) in [6.45, 7) is 6.07. The van der Waals surface area contributed by atoms with E-state index in [9.17, 15) is 9.59 Å². The van der Waals surface area contributed by atoms with Crippen molar-refractivity contribution < 1.29 is 18.7 Å². The highest BCUT2D eigenvalue weighted by Gasteiger charge is 2.29. The highest BCUT2D eigenvalue weighted by Crippen LogP contribution is 2.29. The summed E-state index contributed by atoms with van der Waals surface area (Å²) in [5, 5.41) is 9.57. The summed E-state index contributed by atoms with van der Waals surface area (Å²) in [6, 6.07) is 21.6. The molecule has 10 heteroatoms. The Balaban J connectivity index is 1.09. The normalized spacial score (nSPS) is 15.3. The van der Waals surface area contributed by atoms with E-state index in [1.165, 1.54) is 5.56 Å². The number of carbonyl (C=O) groups excluding carboxylic acids is 2. The number of aryl methyl sites for hydroxylation is 1. The van der Waals surface area contributed by atoms with Gasteiger partial charge in [0.15, 0.2) is 10.9 Å². The number of carbonyl (C=O) groups is 2. The molecule has 0 N–H and O–H groups in total. The average molecular weight is 574 g/mol. The van der Waals surface area contributed by atoms with Crippen LogP contribution in [0.4, 0.5) is 0 Å². The van der Waals surface area contributed by atoms with E-state index in [2.05, 4.69) is 29.3 Å². The standard InChI is InChI=1S/C31H35N5O4S/c1-23-12-14-26(15-13-23)36-30(27-10-6-18-40-27)32-33-31(36)41-19-7-11-28(37)34-16-17-35(24(2)20-34)29(38)22-39-21-25-8-4-3-5-9-25/h3-6,8-10,12-15,18,24H,7,11,16-17,19-22H2,1-2H3. The lowest BCUT2D eigenvalue weighted by Crippen LogP contribution is -2.56. The third kappa shape index (κ3) is 7.25. The molecule has 2 aromatic heterocycles. The van der Waals surface area contributed by atoms with Crippen molar-refractivity contribution in [2.75, 3.05) is 32.0 Å². The van der Waals surface area contributed by atoms with Gasteiger partial charge in [0, 0.05) is 43.5 Å². The maximum atomic E-state index is 13.0. The Bertz CT molecular complexity index is 1420. The van der Waals surface area contributed by atoms with E-state index < -0.39 is 0 Å². The van der Waals surface area contributed by atoms with Gasteiger partial charge in [-0.2, -0.15) is 0 Å². The van der Waals surface area contributed by atoms with Gasteiger partial charge in [-0.15, -0.1) is 10.2 Å². The van der Waals surface area contributed by atoms with E-state index >= 15 is 0 Å². The highest BCUT2D eigenvalue weighted by molar-refractivity contribution is 7.99. The Morgan fingerprint density at radius 1 is 1.00 bits per heavy atom. The zero-order valence-corrected chi connectivity index (χ0v) is 24.3. The first-order valence-corrected chi connectivity index (χ1v) is 14.9. The number of furan rings is 1. The van der Waals surface area contributed by atoms with Crippen LogP contribution < -0.4 is 0 Å². The maximum Gasteiger partial charge on any atom is 0.248 e. The largest absolute Gasteiger partial charge is 0.461 e. The van der Waals surface area contributed by atoms with Crippen LogP contribution in [0.5, 0.6) is 0 Å². The van der Waals surface area contributed by atoms with Crippen LogP contribution in [0.2, 0.25) is 0 Å². The molecule has 2 aromatic carbocycles. The minimum absolute atomic E-state index is 0.0384. The molecular weight excluding hydrogens is 538 g/mol. The van der Waals surface area contributed by atoms with Gasteiger partial charge < -0.3 is 19.0 Å². The van der Waals surface area contributed by atoms with Crippen LogP contribution in [0.1, 0.15) is 30.9 Å². The summed E-state index contributed by atoms with van der Waals surface area (Å²) < 4.78 is 13.2. The molecule has 1 aliphatic heterocycles. The van der Waals surface area contributed by atoms with Crippen molar-refractivity contribution in [3.8, 4) is 17.3 Å². The SMILES string of the molecule is Cc1ccc(-n2c(SCCCC(=O)N3CCN(C(=O)COCc4ccccc4)C(C)C3)nnc2-c2ccco2)cc1. The van der Waals surface area contributed by atoms with Crippen LogP contribution in [0, 0.1) is 6.92 Å². The molecule has 9 nitrogen and oxygen atoms in total. The lowest BCUT2D eigenvalue weighted by molar-refractivity contribution is -0.145. The molecule has 1 fully saturated rings. The number of hydrogen-bond acceptors (Lipinski definition) is 7. The fourth-order valence-corrected chi connectivity index (χ4v) is 5.76. The number of thioether (sulfide) groups is 1. The first kappa shape index (κ1) is 28.6. The second-order valence-electron chi connectivity index (χ2n) is 10.2. The topological polar surface area (TPSA) is 93.7 Å². The van der Waals surface area contributed by atoms with Crippen LogP contribution in [0.15, 0.2) is 82.6 Å². The van der Waals surface area contributed by atoms with E-state index in [0.29, 0.717) is 50.7 Å². The van der Waals surface area contributed by atoms with Gasteiger partial charge in [-0.25, -0.2) is 0 Å². The monoisotopic (exact) mass is 573 g/mol. The number of nitrogens with zero attached hydrogens (tertiary/aromatic N) is 5.